The average Bonchev–Trinajstić information content (AvgIpc) is 2.70. The highest BCUT2D eigenvalue weighted by Gasteiger charge is 2.15. The van der Waals surface area contributed by atoms with Gasteiger partial charge in [-0.1, -0.05) is 23.2 Å². The second kappa shape index (κ2) is 6.69. The fourth-order valence-corrected chi connectivity index (χ4v) is 2.52. The number of halogens is 2. The number of rotatable bonds is 5. The summed E-state index contributed by atoms with van der Waals surface area (Å²) >= 11 is 12.3. The van der Waals surface area contributed by atoms with Crippen LogP contribution in [-0.2, 0) is 13.7 Å². The van der Waals surface area contributed by atoms with E-state index in [9.17, 15) is 0 Å². The first-order valence-electron chi connectivity index (χ1n) is 6.71. The van der Waals surface area contributed by atoms with Gasteiger partial charge < -0.3 is 10.1 Å². The molecule has 1 aromatic heterocycles. The predicted molar refractivity (Wildman–Crippen MR) is 86.2 cm³/mol. The molecule has 1 aromatic carbocycles. The molecule has 0 aliphatic heterocycles. The molecule has 2 rings (SSSR count). The standard InChI is InChI=1S/C15H19Cl2N3O/c1-9(18-3)12-7-11(16)5-6-14(12)21-8-13-15(17)10(2)19-20(13)4/h5-7,9,18H,8H2,1-4H3. The first-order chi connectivity index (χ1) is 9.93. The summed E-state index contributed by atoms with van der Waals surface area (Å²) in [6.07, 6.45) is 0. The second-order valence-corrected chi connectivity index (χ2v) is 5.77. The van der Waals surface area contributed by atoms with E-state index in [0.29, 0.717) is 16.7 Å². The number of nitrogens with one attached hydrogen (secondary N) is 1. The Kier molecular flexibility index (Phi) is 5.14. The van der Waals surface area contributed by atoms with Gasteiger partial charge in [-0.25, -0.2) is 0 Å². The molecule has 114 valence electrons. The molecule has 0 aliphatic rings. The maximum Gasteiger partial charge on any atom is 0.131 e. The second-order valence-electron chi connectivity index (χ2n) is 4.95. The largest absolute Gasteiger partial charge is 0.487 e. The smallest absolute Gasteiger partial charge is 0.131 e. The lowest BCUT2D eigenvalue weighted by Gasteiger charge is -2.17. The summed E-state index contributed by atoms with van der Waals surface area (Å²) in [6, 6.07) is 5.75. The summed E-state index contributed by atoms with van der Waals surface area (Å²) in [7, 11) is 3.76. The zero-order valence-corrected chi connectivity index (χ0v) is 14.1. The van der Waals surface area contributed by atoms with Crippen molar-refractivity contribution in [2.75, 3.05) is 7.05 Å². The molecule has 0 amide bonds. The van der Waals surface area contributed by atoms with E-state index in [1.165, 1.54) is 0 Å². The van der Waals surface area contributed by atoms with Crippen LogP contribution < -0.4 is 10.1 Å². The molecule has 21 heavy (non-hydrogen) atoms. The Balaban J connectivity index is 2.24. The Morgan fingerprint density at radius 2 is 2.10 bits per heavy atom. The molecule has 1 heterocycles. The minimum Gasteiger partial charge on any atom is -0.487 e. The minimum atomic E-state index is 0.141. The van der Waals surface area contributed by atoms with Crippen molar-refractivity contribution in [3.05, 3.63) is 45.2 Å². The monoisotopic (exact) mass is 327 g/mol. The van der Waals surface area contributed by atoms with Crippen LogP contribution in [0.3, 0.4) is 0 Å². The summed E-state index contributed by atoms with van der Waals surface area (Å²) < 4.78 is 7.68. The van der Waals surface area contributed by atoms with Crippen LogP contribution in [0.25, 0.3) is 0 Å². The first-order valence-corrected chi connectivity index (χ1v) is 7.47. The first kappa shape index (κ1) is 16.1. The van der Waals surface area contributed by atoms with Crippen molar-refractivity contribution in [1.82, 2.24) is 15.1 Å². The van der Waals surface area contributed by atoms with Crippen LogP contribution in [0.2, 0.25) is 10.0 Å². The lowest BCUT2D eigenvalue weighted by atomic mass is 10.1. The van der Waals surface area contributed by atoms with E-state index < -0.39 is 0 Å². The number of nitrogens with zero attached hydrogens (tertiary/aromatic N) is 2. The lowest BCUT2D eigenvalue weighted by molar-refractivity contribution is 0.289. The van der Waals surface area contributed by atoms with E-state index in [1.807, 2.05) is 39.2 Å². The highest BCUT2D eigenvalue weighted by molar-refractivity contribution is 6.31. The summed E-state index contributed by atoms with van der Waals surface area (Å²) in [5.41, 5.74) is 2.67. The number of ether oxygens (including phenoxy) is 1. The van der Waals surface area contributed by atoms with Gasteiger partial charge in [-0.05, 0) is 39.1 Å². The van der Waals surface area contributed by atoms with E-state index in [4.69, 9.17) is 27.9 Å². The quantitative estimate of drug-likeness (QED) is 0.905. The van der Waals surface area contributed by atoms with Gasteiger partial charge in [-0.2, -0.15) is 5.10 Å². The summed E-state index contributed by atoms with van der Waals surface area (Å²) in [5.74, 6) is 0.788. The van der Waals surface area contributed by atoms with Crippen molar-refractivity contribution in [3.63, 3.8) is 0 Å². The van der Waals surface area contributed by atoms with Crippen molar-refractivity contribution in [2.45, 2.75) is 26.5 Å². The summed E-state index contributed by atoms with van der Waals surface area (Å²) in [6.45, 7) is 4.30. The van der Waals surface area contributed by atoms with Gasteiger partial charge in [0.1, 0.15) is 12.4 Å². The Morgan fingerprint density at radius 3 is 2.67 bits per heavy atom. The molecule has 0 spiro atoms. The van der Waals surface area contributed by atoms with Gasteiger partial charge in [0.15, 0.2) is 0 Å². The van der Waals surface area contributed by atoms with Gasteiger partial charge in [-0.15, -0.1) is 0 Å². The molecule has 2 aromatic rings. The van der Waals surface area contributed by atoms with Crippen molar-refractivity contribution >= 4 is 23.2 Å². The lowest BCUT2D eigenvalue weighted by Crippen LogP contribution is -2.14. The Bertz CT molecular complexity index is 640. The van der Waals surface area contributed by atoms with Crippen molar-refractivity contribution in [3.8, 4) is 5.75 Å². The van der Waals surface area contributed by atoms with Gasteiger partial charge in [0.2, 0.25) is 0 Å². The topological polar surface area (TPSA) is 39.1 Å². The average molecular weight is 328 g/mol. The molecule has 0 radical (unpaired) electrons. The zero-order chi connectivity index (χ0) is 15.6. The zero-order valence-electron chi connectivity index (χ0n) is 12.6. The van der Waals surface area contributed by atoms with Crippen LogP contribution in [0.15, 0.2) is 18.2 Å². The van der Waals surface area contributed by atoms with E-state index in [0.717, 1.165) is 22.7 Å². The predicted octanol–water partition coefficient (Wildman–Crippen LogP) is 3.89. The molecule has 0 aliphatic carbocycles. The third-order valence-corrected chi connectivity index (χ3v) is 4.22. The highest BCUT2D eigenvalue weighted by atomic mass is 35.5. The molecule has 0 fully saturated rings. The maximum absolute atomic E-state index is 6.24. The molecule has 0 saturated heterocycles. The van der Waals surface area contributed by atoms with Crippen LogP contribution in [0, 0.1) is 6.92 Å². The minimum absolute atomic E-state index is 0.141. The van der Waals surface area contributed by atoms with Gasteiger partial charge in [0.05, 0.1) is 16.4 Å². The Hall–Kier alpha value is -1.23. The fraction of sp³-hybridized carbons (Fsp3) is 0.400. The molecule has 1 atom stereocenters. The van der Waals surface area contributed by atoms with Crippen molar-refractivity contribution in [2.24, 2.45) is 7.05 Å². The third-order valence-electron chi connectivity index (χ3n) is 3.50. The van der Waals surface area contributed by atoms with Crippen LogP contribution >= 0.6 is 23.2 Å². The number of hydrogen-bond donors (Lipinski definition) is 1. The number of hydrogen-bond acceptors (Lipinski definition) is 3. The highest BCUT2D eigenvalue weighted by Crippen LogP contribution is 2.29. The van der Waals surface area contributed by atoms with Gasteiger partial charge in [-0.3, -0.25) is 4.68 Å². The maximum atomic E-state index is 6.24. The van der Waals surface area contributed by atoms with Crippen molar-refractivity contribution < 1.29 is 4.74 Å². The Morgan fingerprint density at radius 1 is 1.38 bits per heavy atom. The van der Waals surface area contributed by atoms with Crippen molar-refractivity contribution in [1.29, 1.82) is 0 Å². The van der Waals surface area contributed by atoms with Gasteiger partial charge in [0.25, 0.3) is 0 Å². The van der Waals surface area contributed by atoms with Gasteiger partial charge in [0, 0.05) is 23.7 Å². The van der Waals surface area contributed by atoms with E-state index in [2.05, 4.69) is 17.3 Å². The number of aryl methyl sites for hydroxylation is 2. The molecular weight excluding hydrogens is 309 g/mol. The molecule has 0 saturated carbocycles. The normalized spacial score (nSPS) is 12.5. The van der Waals surface area contributed by atoms with Crippen LogP contribution in [0.1, 0.15) is 29.9 Å². The van der Waals surface area contributed by atoms with Crippen LogP contribution in [0.4, 0.5) is 0 Å². The molecule has 1 N–H and O–H groups in total. The third kappa shape index (κ3) is 3.51. The van der Waals surface area contributed by atoms with E-state index >= 15 is 0 Å². The van der Waals surface area contributed by atoms with Gasteiger partial charge >= 0.3 is 0 Å². The SMILES string of the molecule is CNC(C)c1cc(Cl)ccc1OCc1c(Cl)c(C)nn1C. The van der Waals surface area contributed by atoms with Crippen LogP contribution in [-0.4, -0.2) is 16.8 Å². The van der Waals surface area contributed by atoms with E-state index in [1.54, 1.807) is 4.68 Å². The molecule has 6 heteroatoms. The molecule has 1 unspecified atom stereocenters. The summed E-state index contributed by atoms with van der Waals surface area (Å²) in [5, 5.41) is 8.81. The molecule has 0 bridgehead atoms. The number of benzene rings is 1. The molecular formula is C15H19Cl2N3O. The summed E-state index contributed by atoms with van der Waals surface area (Å²) in [4.78, 5) is 0. The van der Waals surface area contributed by atoms with Crippen LogP contribution in [0.5, 0.6) is 5.75 Å². The fourth-order valence-electron chi connectivity index (χ4n) is 2.13. The number of aromatic nitrogens is 2. The molecule has 4 nitrogen and oxygen atoms in total. The Labute approximate surface area is 135 Å². The van der Waals surface area contributed by atoms with E-state index in [-0.39, 0.29) is 6.04 Å².